The van der Waals surface area contributed by atoms with Crippen LogP contribution < -0.4 is 10.6 Å². The van der Waals surface area contributed by atoms with E-state index < -0.39 is 0 Å². The van der Waals surface area contributed by atoms with E-state index in [4.69, 9.17) is 0 Å². The Labute approximate surface area is 172 Å². The zero-order chi connectivity index (χ0) is 20.1. The highest BCUT2D eigenvalue weighted by molar-refractivity contribution is 9.10. The van der Waals surface area contributed by atoms with Gasteiger partial charge in [0.05, 0.1) is 23.1 Å². The van der Waals surface area contributed by atoms with Crippen molar-refractivity contribution in [3.63, 3.8) is 0 Å². The smallest absolute Gasteiger partial charge is 0.255 e. The molecule has 0 fully saturated rings. The number of aromatic nitrogens is 2. The van der Waals surface area contributed by atoms with E-state index in [0.717, 1.165) is 21.4 Å². The van der Waals surface area contributed by atoms with Gasteiger partial charge < -0.3 is 10.6 Å². The molecule has 0 atom stereocenters. The van der Waals surface area contributed by atoms with Crippen LogP contribution >= 0.6 is 15.9 Å². The number of amides is 2. The monoisotopic (exact) mass is 440 g/mol. The van der Waals surface area contributed by atoms with E-state index >= 15 is 0 Å². The lowest BCUT2D eigenvalue weighted by Gasteiger charge is -2.08. The van der Waals surface area contributed by atoms with Gasteiger partial charge in [-0.15, -0.1) is 0 Å². The predicted octanol–water partition coefficient (Wildman–Crippen LogP) is 3.62. The molecule has 0 aliphatic heterocycles. The fourth-order valence-corrected chi connectivity index (χ4v) is 3.10. The number of halogens is 1. The third-order valence-corrected chi connectivity index (χ3v) is 4.83. The summed E-state index contributed by atoms with van der Waals surface area (Å²) in [7, 11) is 0. The maximum Gasteiger partial charge on any atom is 0.255 e. The normalized spacial score (nSPS) is 10.5. The molecule has 1 heterocycles. The minimum atomic E-state index is -0.204. The third-order valence-electron chi connectivity index (χ3n) is 4.31. The van der Waals surface area contributed by atoms with Gasteiger partial charge in [-0.2, -0.15) is 5.10 Å². The van der Waals surface area contributed by atoms with Crippen LogP contribution in [0.4, 0.5) is 0 Å². The highest BCUT2D eigenvalue weighted by atomic mass is 79.9. The maximum atomic E-state index is 12.6. The van der Waals surface area contributed by atoms with Gasteiger partial charge in [-0.3, -0.25) is 9.59 Å². The fourth-order valence-electron chi connectivity index (χ4n) is 2.84. The molecule has 2 N–H and O–H groups in total. The van der Waals surface area contributed by atoms with Crippen molar-refractivity contribution in [2.45, 2.75) is 20.4 Å². The molecule has 3 aromatic rings. The molecule has 0 saturated carbocycles. The van der Waals surface area contributed by atoms with E-state index in [1.54, 1.807) is 23.0 Å². The Balaban J connectivity index is 1.70. The summed E-state index contributed by atoms with van der Waals surface area (Å²) in [6.07, 6.45) is 1.57. The summed E-state index contributed by atoms with van der Waals surface area (Å²) in [5.74, 6) is -0.327. The van der Waals surface area contributed by atoms with E-state index in [2.05, 4.69) is 31.7 Å². The van der Waals surface area contributed by atoms with Crippen molar-refractivity contribution < 1.29 is 9.59 Å². The number of nitrogens with one attached hydrogen (secondary N) is 2. The minimum absolute atomic E-state index is 0.123. The van der Waals surface area contributed by atoms with Crippen molar-refractivity contribution >= 4 is 27.7 Å². The van der Waals surface area contributed by atoms with Crippen LogP contribution in [0.3, 0.4) is 0 Å². The largest absolute Gasteiger partial charge is 0.352 e. The second-order valence-electron chi connectivity index (χ2n) is 6.27. The van der Waals surface area contributed by atoms with Crippen LogP contribution in [0.5, 0.6) is 0 Å². The Hall–Kier alpha value is -2.93. The molecular formula is C21H21BrN4O2. The quantitative estimate of drug-likeness (QED) is 0.614. The van der Waals surface area contributed by atoms with Crippen LogP contribution in [0.2, 0.25) is 0 Å². The molecule has 1 aromatic heterocycles. The summed E-state index contributed by atoms with van der Waals surface area (Å²) in [4.78, 5) is 24.6. The first kappa shape index (κ1) is 19.8. The highest BCUT2D eigenvalue weighted by Gasteiger charge is 2.15. The Morgan fingerprint density at radius 1 is 1.07 bits per heavy atom. The first-order valence-electron chi connectivity index (χ1n) is 8.95. The Morgan fingerprint density at radius 2 is 1.82 bits per heavy atom. The van der Waals surface area contributed by atoms with Gasteiger partial charge in [0.2, 0.25) is 0 Å². The van der Waals surface area contributed by atoms with Crippen LogP contribution in [0, 0.1) is 6.92 Å². The Morgan fingerprint density at radius 3 is 2.54 bits per heavy atom. The Bertz CT molecular complexity index is 996. The van der Waals surface area contributed by atoms with E-state index in [0.29, 0.717) is 24.2 Å². The Kier molecular flexibility index (Phi) is 6.26. The molecule has 144 valence electrons. The zero-order valence-electron chi connectivity index (χ0n) is 15.7. The van der Waals surface area contributed by atoms with Gasteiger partial charge in [-0.05, 0) is 55.8 Å². The summed E-state index contributed by atoms with van der Waals surface area (Å²) < 4.78 is 2.71. The second-order valence-corrected chi connectivity index (χ2v) is 7.19. The predicted molar refractivity (Wildman–Crippen MR) is 112 cm³/mol. The SMILES string of the molecule is CCNC(=O)c1cccc(CNC(=O)c2cnn(-c3ccc(Br)cc3)c2C)c1. The molecule has 0 spiro atoms. The lowest BCUT2D eigenvalue weighted by Crippen LogP contribution is -2.24. The molecule has 0 unspecified atom stereocenters. The van der Waals surface area contributed by atoms with Crippen molar-refractivity contribution in [3.8, 4) is 5.69 Å². The van der Waals surface area contributed by atoms with Gasteiger partial charge in [0, 0.05) is 23.1 Å². The van der Waals surface area contributed by atoms with Gasteiger partial charge in [0.1, 0.15) is 0 Å². The summed E-state index contributed by atoms with van der Waals surface area (Å²) in [6.45, 7) is 4.63. The number of benzene rings is 2. The van der Waals surface area contributed by atoms with Crippen molar-refractivity contribution in [1.82, 2.24) is 20.4 Å². The third kappa shape index (κ3) is 4.48. The molecule has 7 heteroatoms. The van der Waals surface area contributed by atoms with Crippen molar-refractivity contribution in [2.75, 3.05) is 6.54 Å². The number of hydrogen-bond acceptors (Lipinski definition) is 3. The molecule has 2 amide bonds. The van der Waals surface area contributed by atoms with Gasteiger partial charge in [0.15, 0.2) is 0 Å². The topological polar surface area (TPSA) is 76.0 Å². The summed E-state index contributed by atoms with van der Waals surface area (Å²) in [5, 5.41) is 10.0. The van der Waals surface area contributed by atoms with E-state index in [1.165, 1.54) is 0 Å². The molecule has 0 bridgehead atoms. The second kappa shape index (κ2) is 8.84. The van der Waals surface area contributed by atoms with Crippen molar-refractivity contribution in [2.24, 2.45) is 0 Å². The van der Waals surface area contributed by atoms with E-state index in [1.807, 2.05) is 50.2 Å². The van der Waals surface area contributed by atoms with E-state index in [-0.39, 0.29) is 11.8 Å². The summed E-state index contributed by atoms with van der Waals surface area (Å²) in [5.41, 5.74) is 3.59. The highest BCUT2D eigenvalue weighted by Crippen LogP contribution is 2.17. The van der Waals surface area contributed by atoms with Crippen LogP contribution in [0.15, 0.2) is 59.2 Å². The molecule has 0 aliphatic rings. The summed E-state index contributed by atoms with van der Waals surface area (Å²) in [6, 6.07) is 14.9. The minimum Gasteiger partial charge on any atom is -0.352 e. The molecule has 28 heavy (non-hydrogen) atoms. The number of carbonyl (C=O) groups is 2. The molecule has 0 radical (unpaired) electrons. The first-order chi connectivity index (χ1) is 13.5. The number of rotatable bonds is 6. The molecule has 3 rings (SSSR count). The van der Waals surface area contributed by atoms with Crippen LogP contribution in [-0.4, -0.2) is 28.1 Å². The zero-order valence-corrected chi connectivity index (χ0v) is 17.3. The van der Waals surface area contributed by atoms with Gasteiger partial charge >= 0.3 is 0 Å². The van der Waals surface area contributed by atoms with Crippen molar-refractivity contribution in [1.29, 1.82) is 0 Å². The number of nitrogens with zero attached hydrogens (tertiary/aromatic N) is 2. The average Bonchev–Trinajstić information content (AvgIpc) is 3.08. The molecular weight excluding hydrogens is 420 g/mol. The van der Waals surface area contributed by atoms with Gasteiger partial charge in [-0.25, -0.2) is 4.68 Å². The van der Waals surface area contributed by atoms with Crippen LogP contribution in [-0.2, 0) is 6.54 Å². The fraction of sp³-hybridized carbons (Fsp3) is 0.190. The molecule has 6 nitrogen and oxygen atoms in total. The number of carbonyl (C=O) groups excluding carboxylic acids is 2. The van der Waals surface area contributed by atoms with E-state index in [9.17, 15) is 9.59 Å². The summed E-state index contributed by atoms with van der Waals surface area (Å²) >= 11 is 3.41. The molecule has 0 saturated heterocycles. The van der Waals surface area contributed by atoms with Crippen LogP contribution in [0.1, 0.15) is 38.9 Å². The van der Waals surface area contributed by atoms with Crippen LogP contribution in [0.25, 0.3) is 5.69 Å². The number of hydrogen-bond donors (Lipinski definition) is 2. The first-order valence-corrected chi connectivity index (χ1v) is 9.74. The van der Waals surface area contributed by atoms with Gasteiger partial charge in [-0.1, -0.05) is 28.1 Å². The average molecular weight is 441 g/mol. The standard InChI is InChI=1S/C21H21BrN4O2/c1-3-23-20(27)16-6-4-5-15(11-16)12-24-21(28)19-13-25-26(14(19)2)18-9-7-17(22)8-10-18/h4-11,13H,3,12H2,1-2H3,(H,23,27)(H,24,28). The molecule has 0 aliphatic carbocycles. The van der Waals surface area contributed by atoms with Crippen molar-refractivity contribution in [3.05, 3.63) is 81.6 Å². The lowest BCUT2D eigenvalue weighted by molar-refractivity contribution is 0.0946. The van der Waals surface area contributed by atoms with Gasteiger partial charge in [0.25, 0.3) is 11.8 Å². The lowest BCUT2D eigenvalue weighted by atomic mass is 10.1. The maximum absolute atomic E-state index is 12.6. The molecule has 2 aromatic carbocycles.